The minimum Gasteiger partial charge on any atom is -0.504 e. The first-order chi connectivity index (χ1) is 10.3. The minimum atomic E-state index is -1.18. The van der Waals surface area contributed by atoms with Crippen LogP contribution in [0.3, 0.4) is 0 Å². The molecule has 0 saturated carbocycles. The molecule has 0 spiro atoms. The number of fused-ring (bicyclic) bond motifs is 1. The molecule has 0 aliphatic heterocycles. The van der Waals surface area contributed by atoms with Gasteiger partial charge in [0.1, 0.15) is 17.0 Å². The van der Waals surface area contributed by atoms with Gasteiger partial charge < -0.3 is 29.8 Å². The third-order valence-electron chi connectivity index (χ3n) is 3.20. The summed E-state index contributed by atoms with van der Waals surface area (Å²) in [7, 11) is 1.27. The molecule has 0 aliphatic carbocycles. The summed E-state index contributed by atoms with van der Waals surface area (Å²) in [6, 6.07) is 0.316. The zero-order valence-corrected chi connectivity index (χ0v) is 12.1. The summed E-state index contributed by atoms with van der Waals surface area (Å²) in [5.74, 6) is -2.68. The number of hydrogen-bond donors (Lipinski definition) is 4. The van der Waals surface area contributed by atoms with Crippen LogP contribution < -0.4 is 15.5 Å². The molecule has 8 nitrogen and oxygen atoms in total. The van der Waals surface area contributed by atoms with Crippen LogP contribution in [-0.2, 0) is 4.79 Å². The van der Waals surface area contributed by atoms with Crippen molar-refractivity contribution >= 4 is 22.8 Å². The summed E-state index contributed by atoms with van der Waals surface area (Å²) in [5, 5.41) is 31.0. The van der Waals surface area contributed by atoms with Crippen molar-refractivity contribution < 1.29 is 29.3 Å². The van der Waals surface area contributed by atoms with Gasteiger partial charge in [-0.1, -0.05) is 0 Å². The number of aliphatic carboxylic acids is 1. The first kappa shape index (κ1) is 15.5. The van der Waals surface area contributed by atoms with E-state index >= 15 is 0 Å². The van der Waals surface area contributed by atoms with Gasteiger partial charge in [0, 0.05) is 0 Å². The highest BCUT2D eigenvalue weighted by Crippen LogP contribution is 2.38. The van der Waals surface area contributed by atoms with E-state index in [9.17, 15) is 19.8 Å². The molecule has 0 radical (unpaired) electrons. The zero-order valence-electron chi connectivity index (χ0n) is 12.1. The topological polar surface area (TPSA) is 129 Å². The normalized spacial score (nSPS) is 12.1. The fourth-order valence-corrected chi connectivity index (χ4v) is 1.98. The van der Waals surface area contributed by atoms with Gasteiger partial charge in [-0.3, -0.25) is 9.59 Å². The number of carboxylic acids is 1. The summed E-state index contributed by atoms with van der Waals surface area (Å²) < 4.78 is 10.4. The largest absolute Gasteiger partial charge is 0.504 e. The van der Waals surface area contributed by atoms with Crippen molar-refractivity contribution in [3.05, 3.63) is 21.9 Å². The summed E-state index contributed by atoms with van der Waals surface area (Å²) in [6.07, 6.45) is 0. The van der Waals surface area contributed by atoms with Gasteiger partial charge >= 0.3 is 5.97 Å². The maximum absolute atomic E-state index is 12.3. The maximum Gasteiger partial charge on any atom is 0.325 e. The van der Waals surface area contributed by atoms with E-state index in [1.165, 1.54) is 20.1 Å². The number of phenolic OH excluding ortho intramolecular Hbond substituents is 1. The Morgan fingerprint density at radius 2 is 2.00 bits per heavy atom. The second kappa shape index (κ2) is 5.47. The molecule has 0 unspecified atom stereocenters. The van der Waals surface area contributed by atoms with Crippen molar-refractivity contribution in [1.82, 2.24) is 0 Å². The second-order valence-electron chi connectivity index (χ2n) is 4.76. The van der Waals surface area contributed by atoms with Crippen molar-refractivity contribution in [3.63, 3.8) is 0 Å². The first-order valence-corrected chi connectivity index (χ1v) is 6.33. The lowest BCUT2D eigenvalue weighted by Crippen LogP contribution is -2.26. The number of ether oxygens (including phenoxy) is 1. The highest BCUT2D eigenvalue weighted by atomic mass is 16.5. The molecular weight excluding hydrogens is 294 g/mol. The molecule has 0 fully saturated rings. The van der Waals surface area contributed by atoms with Crippen molar-refractivity contribution in [3.8, 4) is 17.2 Å². The van der Waals surface area contributed by atoms with Crippen molar-refractivity contribution in [2.75, 3.05) is 12.4 Å². The van der Waals surface area contributed by atoms with Gasteiger partial charge in [-0.2, -0.15) is 0 Å². The summed E-state index contributed by atoms with van der Waals surface area (Å²) in [4.78, 5) is 23.1. The van der Waals surface area contributed by atoms with Crippen LogP contribution >= 0.6 is 0 Å². The Morgan fingerprint density at radius 3 is 2.55 bits per heavy atom. The first-order valence-electron chi connectivity index (χ1n) is 6.33. The van der Waals surface area contributed by atoms with Crippen LogP contribution in [0.15, 0.2) is 15.3 Å². The van der Waals surface area contributed by atoms with Crippen LogP contribution in [0, 0.1) is 6.92 Å². The molecule has 118 valence electrons. The number of benzene rings is 1. The smallest absolute Gasteiger partial charge is 0.325 e. The minimum absolute atomic E-state index is 0.0510. The zero-order chi connectivity index (χ0) is 16.6. The van der Waals surface area contributed by atoms with Crippen LogP contribution in [0.25, 0.3) is 11.0 Å². The van der Waals surface area contributed by atoms with E-state index in [4.69, 9.17) is 14.3 Å². The molecule has 2 rings (SSSR count). The number of aryl methyl sites for hydroxylation is 1. The lowest BCUT2D eigenvalue weighted by atomic mass is 10.1. The van der Waals surface area contributed by atoms with Crippen LogP contribution in [0.1, 0.15) is 12.5 Å². The highest BCUT2D eigenvalue weighted by Gasteiger charge is 2.22. The number of aromatic hydroxyl groups is 2. The Kier molecular flexibility index (Phi) is 3.85. The molecule has 0 saturated heterocycles. The Hall–Kier alpha value is -2.90. The number of hydrogen-bond acceptors (Lipinski definition) is 7. The Balaban J connectivity index is 2.75. The molecule has 22 heavy (non-hydrogen) atoms. The molecular formula is C14H15NO7. The Bertz CT molecular complexity index is 809. The van der Waals surface area contributed by atoms with Crippen LogP contribution in [0.5, 0.6) is 17.2 Å². The number of carbonyl (C=O) groups is 1. The van der Waals surface area contributed by atoms with Crippen LogP contribution in [0.4, 0.5) is 5.88 Å². The molecule has 4 N–H and O–H groups in total. The van der Waals surface area contributed by atoms with Crippen LogP contribution in [-0.4, -0.2) is 34.4 Å². The lowest BCUT2D eigenvalue weighted by molar-refractivity contribution is -0.137. The maximum atomic E-state index is 12.3. The summed E-state index contributed by atoms with van der Waals surface area (Å²) in [5.41, 5.74) is -0.390. The molecule has 0 bridgehead atoms. The Labute approximate surface area is 124 Å². The number of rotatable bonds is 4. The molecule has 8 heteroatoms. The molecule has 1 aromatic heterocycles. The van der Waals surface area contributed by atoms with Gasteiger partial charge in [0.25, 0.3) is 0 Å². The van der Waals surface area contributed by atoms with E-state index in [0.717, 1.165) is 0 Å². The second-order valence-corrected chi connectivity index (χ2v) is 4.76. The molecule has 2 aromatic rings. The molecule has 1 heterocycles. The predicted molar refractivity (Wildman–Crippen MR) is 77.8 cm³/mol. The Morgan fingerprint density at radius 1 is 1.36 bits per heavy atom. The fourth-order valence-electron chi connectivity index (χ4n) is 1.98. The van der Waals surface area contributed by atoms with E-state index in [-0.39, 0.29) is 28.4 Å². The summed E-state index contributed by atoms with van der Waals surface area (Å²) in [6.45, 7) is 2.91. The quantitative estimate of drug-likeness (QED) is 0.667. The van der Waals surface area contributed by atoms with Gasteiger partial charge in [-0.25, -0.2) is 0 Å². The number of phenols is 1. The molecule has 0 amide bonds. The monoisotopic (exact) mass is 309 g/mol. The number of carboxylic acid groups (broad SMARTS) is 1. The van der Waals surface area contributed by atoms with Crippen molar-refractivity contribution in [1.29, 1.82) is 0 Å². The van der Waals surface area contributed by atoms with E-state index in [0.29, 0.717) is 5.56 Å². The number of nitrogens with one attached hydrogen (secondary N) is 1. The number of anilines is 1. The van der Waals surface area contributed by atoms with Gasteiger partial charge in [0.2, 0.25) is 17.1 Å². The third kappa shape index (κ3) is 2.39. The van der Waals surface area contributed by atoms with E-state index in [1.54, 1.807) is 6.92 Å². The average molecular weight is 309 g/mol. The third-order valence-corrected chi connectivity index (χ3v) is 3.20. The van der Waals surface area contributed by atoms with Crippen LogP contribution in [0.2, 0.25) is 0 Å². The lowest BCUT2D eigenvalue weighted by Gasteiger charge is -2.14. The predicted octanol–water partition coefficient (Wildman–Crippen LogP) is 1.41. The van der Waals surface area contributed by atoms with Gasteiger partial charge in [-0.15, -0.1) is 0 Å². The summed E-state index contributed by atoms with van der Waals surface area (Å²) >= 11 is 0. The van der Waals surface area contributed by atoms with E-state index in [1.807, 2.05) is 0 Å². The SMILES string of the molecule is COc1c(O)c(C)cc2oc(N[C@@H](C)C(=O)O)c(O)c(=O)c12. The average Bonchev–Trinajstić information content (AvgIpc) is 2.46. The highest BCUT2D eigenvalue weighted by molar-refractivity contribution is 5.90. The molecule has 1 aromatic carbocycles. The molecule has 1 atom stereocenters. The van der Waals surface area contributed by atoms with Gasteiger partial charge in [0.05, 0.1) is 7.11 Å². The number of methoxy groups -OCH3 is 1. The van der Waals surface area contributed by atoms with E-state index < -0.39 is 23.2 Å². The van der Waals surface area contributed by atoms with Gasteiger partial charge in [0.15, 0.2) is 11.5 Å². The van der Waals surface area contributed by atoms with Gasteiger partial charge in [-0.05, 0) is 25.5 Å². The van der Waals surface area contributed by atoms with E-state index in [2.05, 4.69) is 5.32 Å². The van der Waals surface area contributed by atoms with Crippen molar-refractivity contribution in [2.45, 2.75) is 19.9 Å². The fraction of sp³-hybridized carbons (Fsp3) is 0.286. The molecule has 0 aliphatic rings. The van der Waals surface area contributed by atoms with Crippen molar-refractivity contribution in [2.24, 2.45) is 0 Å². The standard InChI is InChI=1S/C14H15NO7/c1-5-4-7-8(12(21-3)9(5)16)10(17)11(18)13(22-7)15-6(2)14(19)20/h4,6,15-16,18H,1-3H3,(H,19,20)/t6-/m0/s1.